The van der Waals surface area contributed by atoms with Crippen molar-refractivity contribution in [1.82, 2.24) is 10.3 Å². The largest absolute Gasteiger partial charge is 0.439 e. The molecule has 0 atom stereocenters. The highest BCUT2D eigenvalue weighted by Gasteiger charge is 2.21. The lowest BCUT2D eigenvalue weighted by Crippen LogP contribution is -2.39. The van der Waals surface area contributed by atoms with Crippen LogP contribution in [0.1, 0.15) is 12.8 Å². The Bertz CT molecular complexity index is 803. The number of alkyl carbamates (subject to hydrolysis) is 1. The molecule has 3 N–H and O–H groups in total. The van der Waals surface area contributed by atoms with Gasteiger partial charge in [-0.25, -0.2) is 14.2 Å². The molecular weight excluding hydrogens is 363 g/mol. The predicted molar refractivity (Wildman–Crippen MR) is 103 cm³/mol. The summed E-state index contributed by atoms with van der Waals surface area (Å²) in [5.41, 5.74) is 6.79. The van der Waals surface area contributed by atoms with Crippen LogP contribution in [0.4, 0.5) is 15.0 Å². The number of pyridine rings is 1. The van der Waals surface area contributed by atoms with Gasteiger partial charge in [-0.3, -0.25) is 4.79 Å². The molecule has 2 heterocycles. The molecule has 1 aliphatic rings. The maximum Gasteiger partial charge on any atom is 0.407 e. The molecule has 2 amide bonds. The van der Waals surface area contributed by atoms with Crippen molar-refractivity contribution in [3.05, 3.63) is 48.4 Å². The van der Waals surface area contributed by atoms with Crippen LogP contribution >= 0.6 is 0 Å². The van der Waals surface area contributed by atoms with Gasteiger partial charge in [0.05, 0.1) is 0 Å². The number of amides is 2. The van der Waals surface area contributed by atoms with Gasteiger partial charge in [0, 0.05) is 31.4 Å². The molecule has 7 nitrogen and oxygen atoms in total. The zero-order chi connectivity index (χ0) is 19.9. The number of nitrogens with one attached hydrogen (secondary N) is 1. The Morgan fingerprint density at radius 3 is 2.43 bits per heavy atom. The Balaban J connectivity index is 1.46. The third-order valence-electron chi connectivity index (χ3n) is 4.74. The number of hydrogen-bond acceptors (Lipinski definition) is 5. The van der Waals surface area contributed by atoms with Crippen LogP contribution in [0.25, 0.3) is 11.1 Å². The van der Waals surface area contributed by atoms with Crippen LogP contribution in [0.5, 0.6) is 0 Å². The van der Waals surface area contributed by atoms with Gasteiger partial charge in [0.15, 0.2) is 6.61 Å². The van der Waals surface area contributed by atoms with Gasteiger partial charge < -0.3 is 20.7 Å². The second-order valence-corrected chi connectivity index (χ2v) is 6.77. The molecule has 8 heteroatoms. The van der Waals surface area contributed by atoms with E-state index < -0.39 is 18.6 Å². The van der Waals surface area contributed by atoms with Crippen LogP contribution in [-0.4, -0.2) is 43.2 Å². The fourth-order valence-corrected chi connectivity index (χ4v) is 3.17. The van der Waals surface area contributed by atoms with Gasteiger partial charge in [0.25, 0.3) is 5.91 Å². The summed E-state index contributed by atoms with van der Waals surface area (Å²) in [6.07, 6.45) is 3.00. The molecular formula is C20H23FN4O3. The number of hydrogen-bond donors (Lipinski definition) is 2. The number of rotatable bonds is 6. The molecule has 1 aromatic carbocycles. The summed E-state index contributed by atoms with van der Waals surface area (Å²) in [5.74, 6) is 0.308. The van der Waals surface area contributed by atoms with E-state index in [0.717, 1.165) is 42.9 Å². The van der Waals surface area contributed by atoms with Crippen molar-refractivity contribution in [1.29, 1.82) is 0 Å². The molecule has 1 fully saturated rings. The Morgan fingerprint density at radius 1 is 1.14 bits per heavy atom. The first-order chi connectivity index (χ1) is 13.5. The first-order valence-electron chi connectivity index (χ1n) is 9.17. The standard InChI is InChI=1S/C20H23FN4O3/c21-17-4-1-15(2-5-17)16-3-6-19(23-12-16)25-9-7-14(8-10-25)11-24-20(27)28-13-18(22)26/h1-6,12,14H,7-11,13H2,(H2,22,26)(H,24,27). The third-order valence-corrected chi connectivity index (χ3v) is 4.74. The fraction of sp³-hybridized carbons (Fsp3) is 0.350. The van der Waals surface area contributed by atoms with E-state index in [-0.39, 0.29) is 5.82 Å². The van der Waals surface area contributed by atoms with Crippen molar-refractivity contribution in [2.24, 2.45) is 11.7 Å². The van der Waals surface area contributed by atoms with E-state index >= 15 is 0 Å². The summed E-state index contributed by atoms with van der Waals surface area (Å²) in [6.45, 7) is 1.77. The van der Waals surface area contributed by atoms with E-state index in [1.807, 2.05) is 12.1 Å². The quantitative estimate of drug-likeness (QED) is 0.794. The fourth-order valence-electron chi connectivity index (χ4n) is 3.17. The number of benzene rings is 1. The number of primary amides is 1. The number of anilines is 1. The summed E-state index contributed by atoms with van der Waals surface area (Å²) in [5, 5.41) is 2.66. The highest BCUT2D eigenvalue weighted by Crippen LogP contribution is 2.24. The minimum Gasteiger partial charge on any atom is -0.439 e. The van der Waals surface area contributed by atoms with Gasteiger partial charge in [0.1, 0.15) is 11.6 Å². The maximum atomic E-state index is 13.0. The van der Waals surface area contributed by atoms with E-state index in [2.05, 4.69) is 19.9 Å². The van der Waals surface area contributed by atoms with Crippen LogP contribution in [0.2, 0.25) is 0 Å². The molecule has 0 spiro atoms. The molecule has 148 valence electrons. The van der Waals surface area contributed by atoms with Crippen LogP contribution in [-0.2, 0) is 9.53 Å². The second kappa shape index (κ2) is 9.16. The minimum absolute atomic E-state index is 0.258. The number of piperidine rings is 1. The molecule has 0 radical (unpaired) electrons. The minimum atomic E-state index is -0.679. The molecule has 1 aliphatic heterocycles. The molecule has 1 aromatic heterocycles. The van der Waals surface area contributed by atoms with Crippen molar-refractivity contribution >= 4 is 17.8 Å². The third kappa shape index (κ3) is 5.42. The smallest absolute Gasteiger partial charge is 0.407 e. The highest BCUT2D eigenvalue weighted by atomic mass is 19.1. The zero-order valence-corrected chi connectivity index (χ0v) is 15.4. The molecule has 0 aliphatic carbocycles. The van der Waals surface area contributed by atoms with E-state index in [4.69, 9.17) is 5.73 Å². The molecule has 28 heavy (non-hydrogen) atoms. The van der Waals surface area contributed by atoms with Crippen molar-refractivity contribution in [3.63, 3.8) is 0 Å². The number of nitrogens with two attached hydrogens (primary N) is 1. The van der Waals surface area contributed by atoms with Gasteiger partial charge in [-0.05, 0) is 48.6 Å². The van der Waals surface area contributed by atoms with Crippen molar-refractivity contribution < 1.29 is 18.7 Å². The first kappa shape index (κ1) is 19.6. The first-order valence-corrected chi connectivity index (χ1v) is 9.17. The average Bonchev–Trinajstić information content (AvgIpc) is 2.72. The summed E-state index contributed by atoms with van der Waals surface area (Å²) >= 11 is 0. The number of ether oxygens (including phenoxy) is 1. The second-order valence-electron chi connectivity index (χ2n) is 6.77. The van der Waals surface area contributed by atoms with Crippen molar-refractivity contribution in [2.45, 2.75) is 12.8 Å². The van der Waals surface area contributed by atoms with Crippen LogP contribution in [0, 0.1) is 11.7 Å². The lowest BCUT2D eigenvalue weighted by Gasteiger charge is -2.32. The number of carbonyl (C=O) groups excluding carboxylic acids is 2. The van der Waals surface area contributed by atoms with Gasteiger partial charge >= 0.3 is 6.09 Å². The van der Waals surface area contributed by atoms with Gasteiger partial charge in [-0.15, -0.1) is 0 Å². The van der Waals surface area contributed by atoms with Gasteiger partial charge in [-0.2, -0.15) is 0 Å². The number of aromatic nitrogens is 1. The molecule has 2 aromatic rings. The average molecular weight is 386 g/mol. The zero-order valence-electron chi connectivity index (χ0n) is 15.4. The van der Waals surface area contributed by atoms with E-state index in [9.17, 15) is 14.0 Å². The van der Waals surface area contributed by atoms with Crippen molar-refractivity contribution in [2.75, 3.05) is 31.1 Å². The van der Waals surface area contributed by atoms with Crippen LogP contribution in [0.15, 0.2) is 42.6 Å². The molecule has 3 rings (SSSR count). The summed E-state index contributed by atoms with van der Waals surface area (Å²) in [4.78, 5) is 28.8. The van der Waals surface area contributed by atoms with E-state index in [0.29, 0.717) is 12.5 Å². The monoisotopic (exact) mass is 386 g/mol. The number of nitrogens with zero attached hydrogens (tertiary/aromatic N) is 2. The highest BCUT2D eigenvalue weighted by molar-refractivity contribution is 5.78. The molecule has 0 bridgehead atoms. The van der Waals surface area contributed by atoms with Crippen LogP contribution in [0.3, 0.4) is 0 Å². The van der Waals surface area contributed by atoms with Gasteiger partial charge in [-0.1, -0.05) is 12.1 Å². The summed E-state index contributed by atoms with van der Waals surface area (Å²) < 4.78 is 17.7. The number of carbonyl (C=O) groups is 2. The molecule has 1 saturated heterocycles. The SMILES string of the molecule is NC(=O)COC(=O)NCC1CCN(c2ccc(-c3ccc(F)cc3)cn2)CC1. The Hall–Kier alpha value is -3.16. The molecule has 0 unspecified atom stereocenters. The van der Waals surface area contributed by atoms with Gasteiger partial charge in [0.2, 0.25) is 0 Å². The lowest BCUT2D eigenvalue weighted by atomic mass is 9.97. The topological polar surface area (TPSA) is 97.6 Å². The normalized spacial score (nSPS) is 14.5. The predicted octanol–water partition coefficient (Wildman–Crippen LogP) is 2.32. The Morgan fingerprint density at radius 2 is 1.82 bits per heavy atom. The summed E-state index contributed by atoms with van der Waals surface area (Å²) in [6, 6.07) is 10.3. The Labute approximate surface area is 162 Å². The van der Waals surface area contributed by atoms with E-state index in [1.54, 1.807) is 18.3 Å². The van der Waals surface area contributed by atoms with Crippen LogP contribution < -0.4 is 16.0 Å². The van der Waals surface area contributed by atoms with E-state index in [1.165, 1.54) is 12.1 Å². The summed E-state index contributed by atoms with van der Waals surface area (Å²) in [7, 11) is 0. The lowest BCUT2D eigenvalue weighted by molar-refractivity contribution is -0.120. The maximum absolute atomic E-state index is 13.0. The van der Waals surface area contributed by atoms with Crippen molar-refractivity contribution in [3.8, 4) is 11.1 Å². The molecule has 0 saturated carbocycles. The number of halogens is 1. The Kier molecular flexibility index (Phi) is 6.41.